The van der Waals surface area contributed by atoms with Gasteiger partial charge in [0.1, 0.15) is 5.82 Å². The highest BCUT2D eigenvalue weighted by molar-refractivity contribution is 6.22. The van der Waals surface area contributed by atoms with Gasteiger partial charge in [0.05, 0.1) is 17.5 Å². The Bertz CT molecular complexity index is 784. The normalized spacial score (nSPS) is 12.8. The van der Waals surface area contributed by atoms with Crippen molar-refractivity contribution in [1.29, 1.82) is 0 Å². The summed E-state index contributed by atoms with van der Waals surface area (Å²) in [6.45, 7) is 0. The van der Waals surface area contributed by atoms with E-state index in [1.807, 2.05) is 0 Å². The lowest BCUT2D eigenvalue weighted by molar-refractivity contribution is -0.115. The zero-order valence-corrected chi connectivity index (χ0v) is 11.4. The minimum atomic E-state index is -0.477. The van der Waals surface area contributed by atoms with Gasteiger partial charge in [-0.15, -0.1) is 0 Å². The molecule has 0 unspecified atom stereocenters. The molecule has 1 aliphatic heterocycles. The fourth-order valence-corrected chi connectivity index (χ4v) is 2.24. The van der Waals surface area contributed by atoms with Crippen LogP contribution in [0.2, 0.25) is 0 Å². The van der Waals surface area contributed by atoms with Gasteiger partial charge in [0.25, 0.3) is 11.8 Å². The molecule has 1 heterocycles. The molecular formula is C16H11FN2O3. The minimum Gasteiger partial charge on any atom is -0.326 e. The van der Waals surface area contributed by atoms with Crippen molar-refractivity contribution < 1.29 is 18.8 Å². The number of nitrogens with one attached hydrogen (secondary N) is 2. The van der Waals surface area contributed by atoms with Gasteiger partial charge in [-0.2, -0.15) is 0 Å². The molecule has 3 rings (SSSR count). The van der Waals surface area contributed by atoms with E-state index < -0.39 is 11.8 Å². The number of fused-ring (bicyclic) bond motifs is 1. The molecule has 0 saturated carbocycles. The molecule has 0 atom stereocenters. The molecule has 6 heteroatoms. The Morgan fingerprint density at radius 3 is 2.41 bits per heavy atom. The average molecular weight is 298 g/mol. The first-order valence-corrected chi connectivity index (χ1v) is 6.57. The lowest BCUT2D eigenvalue weighted by atomic mass is 10.1. The first-order valence-electron chi connectivity index (χ1n) is 6.57. The molecule has 0 fully saturated rings. The monoisotopic (exact) mass is 298 g/mol. The van der Waals surface area contributed by atoms with Crippen LogP contribution < -0.4 is 10.6 Å². The van der Waals surface area contributed by atoms with Crippen molar-refractivity contribution in [2.45, 2.75) is 6.42 Å². The van der Waals surface area contributed by atoms with Crippen LogP contribution in [0.4, 0.5) is 10.1 Å². The van der Waals surface area contributed by atoms with E-state index in [4.69, 9.17) is 0 Å². The molecule has 2 N–H and O–H groups in total. The summed E-state index contributed by atoms with van der Waals surface area (Å²) in [6.07, 6.45) is 0.0858. The van der Waals surface area contributed by atoms with Gasteiger partial charge in [0.2, 0.25) is 5.91 Å². The van der Waals surface area contributed by atoms with E-state index in [0.29, 0.717) is 16.8 Å². The van der Waals surface area contributed by atoms with Crippen LogP contribution in [0.3, 0.4) is 0 Å². The molecule has 2 aromatic rings. The van der Waals surface area contributed by atoms with E-state index in [2.05, 4.69) is 10.6 Å². The van der Waals surface area contributed by atoms with Gasteiger partial charge in [-0.25, -0.2) is 4.39 Å². The summed E-state index contributed by atoms with van der Waals surface area (Å²) >= 11 is 0. The average Bonchev–Trinajstić information content (AvgIpc) is 2.76. The fourth-order valence-electron chi connectivity index (χ4n) is 2.24. The summed E-state index contributed by atoms with van der Waals surface area (Å²) in [7, 11) is 0. The summed E-state index contributed by atoms with van der Waals surface area (Å²) in [5.74, 6) is -1.58. The second-order valence-electron chi connectivity index (χ2n) is 4.90. The lowest BCUT2D eigenvalue weighted by Gasteiger charge is -2.06. The third-order valence-electron chi connectivity index (χ3n) is 3.30. The number of carbonyl (C=O) groups excluding carboxylic acids is 3. The van der Waals surface area contributed by atoms with Gasteiger partial charge in [0, 0.05) is 5.69 Å². The third-order valence-corrected chi connectivity index (χ3v) is 3.30. The first kappa shape index (κ1) is 13.9. The van der Waals surface area contributed by atoms with E-state index in [9.17, 15) is 18.8 Å². The summed E-state index contributed by atoms with van der Waals surface area (Å²) in [4.78, 5) is 34.9. The predicted octanol–water partition coefficient (Wildman–Crippen LogP) is 1.89. The number of hydrogen-bond acceptors (Lipinski definition) is 3. The fraction of sp³-hybridized carbons (Fsp3) is 0.0625. The highest BCUT2D eigenvalue weighted by atomic mass is 19.1. The molecule has 0 aromatic heterocycles. The number of benzene rings is 2. The van der Waals surface area contributed by atoms with Gasteiger partial charge < -0.3 is 5.32 Å². The van der Waals surface area contributed by atoms with Gasteiger partial charge in [-0.1, -0.05) is 12.1 Å². The van der Waals surface area contributed by atoms with Gasteiger partial charge in [0.15, 0.2) is 0 Å². The minimum absolute atomic E-state index is 0.0858. The maximum Gasteiger partial charge on any atom is 0.259 e. The maximum absolute atomic E-state index is 12.8. The van der Waals surface area contributed by atoms with Crippen LogP contribution in [-0.2, 0) is 11.2 Å². The smallest absolute Gasteiger partial charge is 0.259 e. The predicted molar refractivity (Wildman–Crippen MR) is 77.0 cm³/mol. The Kier molecular flexibility index (Phi) is 3.42. The maximum atomic E-state index is 12.8. The standard InChI is InChI=1S/C16H11FN2O3/c17-10-3-1-9(2-4-10)7-14(20)18-11-5-6-12-13(8-11)16(22)19-15(12)21/h1-6,8H,7H2,(H,18,20)(H,19,21,22). The second-order valence-corrected chi connectivity index (χ2v) is 4.90. The lowest BCUT2D eigenvalue weighted by Crippen LogP contribution is -2.19. The molecule has 2 aromatic carbocycles. The molecule has 3 amide bonds. The summed E-state index contributed by atoms with van der Waals surface area (Å²) < 4.78 is 12.8. The molecule has 0 radical (unpaired) electrons. The van der Waals surface area contributed by atoms with Crippen LogP contribution in [0.1, 0.15) is 26.3 Å². The molecule has 0 spiro atoms. The molecule has 0 saturated heterocycles. The van der Waals surface area contributed by atoms with E-state index in [1.165, 1.54) is 36.4 Å². The van der Waals surface area contributed by atoms with Gasteiger partial charge >= 0.3 is 0 Å². The van der Waals surface area contributed by atoms with E-state index >= 15 is 0 Å². The highest BCUT2D eigenvalue weighted by Crippen LogP contribution is 2.20. The summed E-state index contributed by atoms with van der Waals surface area (Å²) in [5.41, 5.74) is 1.63. The molecular weight excluding hydrogens is 287 g/mol. The Balaban J connectivity index is 1.72. The van der Waals surface area contributed by atoms with E-state index in [1.54, 1.807) is 6.07 Å². The van der Waals surface area contributed by atoms with Gasteiger partial charge in [-0.05, 0) is 35.9 Å². The van der Waals surface area contributed by atoms with Crippen molar-refractivity contribution >= 4 is 23.4 Å². The number of hydrogen-bond donors (Lipinski definition) is 2. The topological polar surface area (TPSA) is 75.3 Å². The number of imide groups is 1. The van der Waals surface area contributed by atoms with Crippen molar-refractivity contribution in [3.8, 4) is 0 Å². The molecule has 110 valence electrons. The van der Waals surface area contributed by atoms with E-state index in [-0.39, 0.29) is 23.7 Å². The van der Waals surface area contributed by atoms with E-state index in [0.717, 1.165) is 0 Å². The summed E-state index contributed by atoms with van der Waals surface area (Å²) in [6, 6.07) is 10.1. The van der Waals surface area contributed by atoms with Crippen LogP contribution in [0, 0.1) is 5.82 Å². The molecule has 5 nitrogen and oxygen atoms in total. The van der Waals surface area contributed by atoms with Crippen LogP contribution in [0.25, 0.3) is 0 Å². The van der Waals surface area contributed by atoms with Crippen molar-refractivity contribution in [2.75, 3.05) is 5.32 Å². The Morgan fingerprint density at radius 2 is 1.68 bits per heavy atom. The zero-order chi connectivity index (χ0) is 15.7. The number of amides is 3. The Labute approximate surface area is 125 Å². The quantitative estimate of drug-likeness (QED) is 0.850. The Hall–Kier alpha value is -3.02. The van der Waals surface area contributed by atoms with Crippen LogP contribution in [0.5, 0.6) is 0 Å². The molecule has 0 aliphatic carbocycles. The Morgan fingerprint density at radius 1 is 1.00 bits per heavy atom. The molecule has 22 heavy (non-hydrogen) atoms. The summed E-state index contributed by atoms with van der Waals surface area (Å²) in [5, 5.41) is 4.83. The van der Waals surface area contributed by atoms with Crippen LogP contribution in [0.15, 0.2) is 42.5 Å². The number of rotatable bonds is 3. The van der Waals surface area contributed by atoms with Crippen molar-refractivity contribution in [3.05, 3.63) is 65.0 Å². The van der Waals surface area contributed by atoms with Crippen molar-refractivity contribution in [3.63, 3.8) is 0 Å². The zero-order valence-electron chi connectivity index (χ0n) is 11.4. The van der Waals surface area contributed by atoms with Crippen LogP contribution >= 0.6 is 0 Å². The number of anilines is 1. The van der Waals surface area contributed by atoms with Crippen molar-refractivity contribution in [1.82, 2.24) is 5.32 Å². The third kappa shape index (κ3) is 2.71. The second kappa shape index (κ2) is 5.40. The first-order chi connectivity index (χ1) is 10.5. The molecule has 0 bridgehead atoms. The highest BCUT2D eigenvalue weighted by Gasteiger charge is 2.26. The SMILES string of the molecule is O=C(Cc1ccc(F)cc1)Nc1ccc2c(c1)C(=O)NC2=O. The van der Waals surface area contributed by atoms with Crippen LogP contribution in [-0.4, -0.2) is 17.7 Å². The molecule has 1 aliphatic rings. The number of carbonyl (C=O) groups is 3. The largest absolute Gasteiger partial charge is 0.326 e. The van der Waals surface area contributed by atoms with Gasteiger partial charge in [-0.3, -0.25) is 19.7 Å². The van der Waals surface area contributed by atoms with Crippen molar-refractivity contribution in [2.24, 2.45) is 0 Å². The number of halogens is 1.